The summed E-state index contributed by atoms with van der Waals surface area (Å²) in [7, 11) is 0. The van der Waals surface area contributed by atoms with Gasteiger partial charge in [-0.05, 0) is 192 Å². The fraction of sp³-hybridized carbons (Fsp3) is 0.364. The second-order valence-electron chi connectivity index (χ2n) is 25.8. The maximum absolute atomic E-state index is 2.73. The van der Waals surface area contributed by atoms with E-state index in [-0.39, 0.29) is 39.2 Å². The normalized spacial score (nSPS) is 19.9. The van der Waals surface area contributed by atoms with E-state index in [4.69, 9.17) is 0 Å². The predicted octanol–water partition coefficient (Wildman–Crippen LogP) is 16.2. The third-order valence-electron chi connectivity index (χ3n) is 18.4. The van der Waals surface area contributed by atoms with Crippen LogP contribution in [0.3, 0.4) is 0 Å². The van der Waals surface area contributed by atoms with Gasteiger partial charge in [0.15, 0.2) is 0 Å². The highest BCUT2D eigenvalue weighted by atomic mass is 15.2. The molecule has 0 spiro atoms. The van der Waals surface area contributed by atoms with Crippen molar-refractivity contribution in [1.29, 1.82) is 0 Å². The van der Waals surface area contributed by atoms with Gasteiger partial charge in [0, 0.05) is 34.1 Å². The van der Waals surface area contributed by atoms with E-state index in [0.29, 0.717) is 0 Å². The highest BCUT2D eigenvalue weighted by Crippen LogP contribution is 2.54. The van der Waals surface area contributed by atoms with Gasteiger partial charge < -0.3 is 9.80 Å². The van der Waals surface area contributed by atoms with Crippen molar-refractivity contribution in [2.24, 2.45) is 0 Å². The van der Waals surface area contributed by atoms with Crippen LogP contribution in [0.1, 0.15) is 155 Å². The largest absolute Gasteiger partial charge is 0.311 e. The van der Waals surface area contributed by atoms with Crippen LogP contribution in [0.15, 0.2) is 140 Å². The van der Waals surface area contributed by atoms with Crippen LogP contribution >= 0.6 is 0 Å². The molecule has 348 valence electrons. The van der Waals surface area contributed by atoms with Crippen LogP contribution < -0.4 is 26.2 Å². The summed E-state index contributed by atoms with van der Waals surface area (Å²) >= 11 is 0. The lowest BCUT2D eigenvalue weighted by Crippen LogP contribution is -2.56. The Morgan fingerprint density at radius 2 is 0.826 bits per heavy atom. The summed E-state index contributed by atoms with van der Waals surface area (Å²) in [6.45, 7) is 30.0. The van der Waals surface area contributed by atoms with Crippen LogP contribution in [0, 0.1) is 0 Å². The number of hydrogen-bond acceptors (Lipinski definition) is 2. The molecule has 2 aliphatic heterocycles. The second-order valence-corrected chi connectivity index (χ2v) is 25.8. The molecule has 69 heavy (non-hydrogen) atoms. The number of nitrogens with zero attached hydrogens (tertiary/aromatic N) is 2. The zero-order chi connectivity index (χ0) is 48.2. The van der Waals surface area contributed by atoms with Crippen molar-refractivity contribution in [3.05, 3.63) is 173 Å². The van der Waals surface area contributed by atoms with Crippen LogP contribution in [0.25, 0.3) is 22.3 Å². The number of fused-ring (bicyclic) bond motifs is 8. The van der Waals surface area contributed by atoms with Crippen molar-refractivity contribution in [3.63, 3.8) is 0 Å². The van der Waals surface area contributed by atoms with E-state index in [9.17, 15) is 0 Å². The van der Waals surface area contributed by atoms with Crippen LogP contribution in [-0.2, 0) is 32.5 Å². The molecule has 0 saturated carbocycles. The molecule has 0 unspecified atom stereocenters. The van der Waals surface area contributed by atoms with Crippen LogP contribution in [0.5, 0.6) is 0 Å². The van der Waals surface area contributed by atoms with Gasteiger partial charge in [-0.2, -0.15) is 0 Å². The Morgan fingerprint density at radius 1 is 0.362 bits per heavy atom. The van der Waals surface area contributed by atoms with Crippen molar-refractivity contribution in [2.45, 2.75) is 154 Å². The molecule has 0 aromatic heterocycles. The van der Waals surface area contributed by atoms with E-state index >= 15 is 0 Å². The topological polar surface area (TPSA) is 6.48 Å². The highest BCUT2D eigenvalue weighted by molar-refractivity contribution is 7.01. The zero-order valence-electron chi connectivity index (χ0n) is 43.5. The van der Waals surface area contributed by atoms with Gasteiger partial charge in [0.05, 0.1) is 0 Å². The molecule has 0 atom stereocenters. The lowest BCUT2D eigenvalue weighted by Gasteiger charge is -2.46. The van der Waals surface area contributed by atoms with Crippen molar-refractivity contribution < 1.29 is 0 Å². The Bertz CT molecular complexity index is 3220. The maximum Gasteiger partial charge on any atom is 0.248 e. The lowest BCUT2D eigenvalue weighted by atomic mass is 9.36. The third kappa shape index (κ3) is 6.79. The van der Waals surface area contributed by atoms with Crippen molar-refractivity contribution in [1.82, 2.24) is 0 Å². The molecule has 0 bridgehead atoms. The highest BCUT2D eigenvalue weighted by Gasteiger charge is 2.49. The SMILES string of the molecule is CC1(C)CCC(C)(C)c2cc(N3c4cc5c(cc4B4c6cc7c(cc6-c6cc(N(c8ccccc8)c8ccc(-c9ccccc9)cc8)cc3c64)C(C)(C)CCC7(C)C)C(C)(C)CCC5(C)C)ccc21. The van der Waals surface area contributed by atoms with Crippen molar-refractivity contribution in [2.75, 3.05) is 9.80 Å². The number of benzene rings is 7. The van der Waals surface area contributed by atoms with Crippen LogP contribution in [-0.4, -0.2) is 6.71 Å². The van der Waals surface area contributed by atoms with Crippen molar-refractivity contribution >= 4 is 57.2 Å². The van der Waals surface area contributed by atoms with Crippen molar-refractivity contribution in [3.8, 4) is 22.3 Å². The molecule has 2 nitrogen and oxygen atoms in total. The standard InChI is InChI=1S/C66H71BN2/c1-61(2)29-30-62(3,4)51-36-46(27-28-50(51)61)69-58-41-55-54(65(9,10)33-34-66(55,11)12)40-57(58)67-56-39-53-52(63(5,6)31-32-64(53,7)8)38-48(56)49-35-47(37-59(69)60(49)67)68(44-21-17-14-18-22-44)45-25-23-43(24-26-45)42-19-15-13-16-20-42/h13-28,35-41H,29-34H2,1-12H3. The van der Waals surface area contributed by atoms with Gasteiger partial charge in [0.2, 0.25) is 6.71 Å². The summed E-state index contributed by atoms with van der Waals surface area (Å²) in [6, 6.07) is 54.6. The molecule has 0 saturated heterocycles. The molecule has 0 N–H and O–H groups in total. The zero-order valence-corrected chi connectivity index (χ0v) is 43.5. The van der Waals surface area contributed by atoms with Gasteiger partial charge in [0.1, 0.15) is 0 Å². The van der Waals surface area contributed by atoms with E-state index in [0.717, 1.165) is 11.4 Å². The number of anilines is 6. The Morgan fingerprint density at radius 3 is 1.41 bits per heavy atom. The number of para-hydroxylation sites is 1. The number of rotatable bonds is 5. The van der Waals surface area contributed by atoms with Gasteiger partial charge >= 0.3 is 0 Å². The number of hydrogen-bond donors (Lipinski definition) is 0. The second kappa shape index (κ2) is 14.9. The van der Waals surface area contributed by atoms with E-state index < -0.39 is 0 Å². The van der Waals surface area contributed by atoms with Crippen LogP contribution in [0.2, 0.25) is 0 Å². The predicted molar refractivity (Wildman–Crippen MR) is 297 cm³/mol. The first-order valence-electron chi connectivity index (χ1n) is 26.2. The summed E-state index contributed by atoms with van der Waals surface area (Å²) < 4.78 is 0. The Labute approximate surface area is 414 Å². The molecule has 3 aliphatic carbocycles. The van der Waals surface area contributed by atoms with E-state index in [1.165, 1.54) is 128 Å². The van der Waals surface area contributed by atoms with Gasteiger partial charge in [-0.1, -0.05) is 173 Å². The Kier molecular flexibility index (Phi) is 9.57. The van der Waals surface area contributed by atoms with Gasteiger partial charge in [-0.3, -0.25) is 0 Å². The molecule has 2 heterocycles. The summed E-state index contributed by atoms with van der Waals surface area (Å²) in [5, 5.41) is 0. The maximum atomic E-state index is 2.73. The monoisotopic (exact) mass is 903 g/mol. The molecule has 3 heteroatoms. The summed E-state index contributed by atoms with van der Waals surface area (Å²) in [5.41, 5.74) is 26.6. The molecular formula is C66H71BN2. The molecule has 0 fully saturated rings. The van der Waals surface area contributed by atoms with Gasteiger partial charge in [0.25, 0.3) is 0 Å². The minimum atomic E-state index is 0.0546. The smallest absolute Gasteiger partial charge is 0.248 e. The first-order valence-corrected chi connectivity index (χ1v) is 26.2. The van der Waals surface area contributed by atoms with Crippen LogP contribution in [0.4, 0.5) is 34.1 Å². The Balaban J connectivity index is 1.19. The first kappa shape index (κ1) is 44.4. The Hall–Kier alpha value is -5.80. The quantitative estimate of drug-likeness (QED) is 0.159. The first-order chi connectivity index (χ1) is 32.7. The fourth-order valence-electron chi connectivity index (χ4n) is 13.7. The molecule has 7 aromatic carbocycles. The molecule has 0 radical (unpaired) electrons. The lowest BCUT2D eigenvalue weighted by molar-refractivity contribution is 0.332. The molecule has 0 amide bonds. The van der Waals surface area contributed by atoms with E-state index in [2.05, 4.69) is 232 Å². The molecule has 5 aliphatic rings. The van der Waals surface area contributed by atoms with Gasteiger partial charge in [-0.25, -0.2) is 0 Å². The minimum absolute atomic E-state index is 0.0546. The average Bonchev–Trinajstić information content (AvgIpc) is 3.65. The summed E-state index contributed by atoms with van der Waals surface area (Å²) in [5.74, 6) is 0. The molecule has 7 aromatic rings. The van der Waals surface area contributed by atoms with E-state index in [1.807, 2.05) is 0 Å². The van der Waals surface area contributed by atoms with Gasteiger partial charge in [-0.15, -0.1) is 0 Å². The van der Waals surface area contributed by atoms with E-state index in [1.54, 1.807) is 5.56 Å². The summed E-state index contributed by atoms with van der Waals surface area (Å²) in [4.78, 5) is 5.24. The molecular weight excluding hydrogens is 832 g/mol. The summed E-state index contributed by atoms with van der Waals surface area (Å²) in [6.07, 6.45) is 7.13. The minimum Gasteiger partial charge on any atom is -0.311 e. The fourth-order valence-corrected chi connectivity index (χ4v) is 13.7. The average molecular weight is 903 g/mol. The third-order valence-corrected chi connectivity index (χ3v) is 18.4. The molecule has 12 rings (SSSR count).